The van der Waals surface area contributed by atoms with Gasteiger partial charge in [0.05, 0.1) is 22.9 Å². The summed E-state index contributed by atoms with van der Waals surface area (Å²) < 4.78 is 27.6. The first-order valence-electron chi connectivity index (χ1n) is 8.70. The Kier molecular flexibility index (Phi) is 5.89. The van der Waals surface area contributed by atoms with E-state index in [4.69, 9.17) is 9.88 Å². The first-order chi connectivity index (χ1) is 13.8. The van der Waals surface area contributed by atoms with Gasteiger partial charge in [-0.3, -0.25) is 5.32 Å². The number of hydrogen-bond acceptors (Lipinski definition) is 8. The Morgan fingerprint density at radius 2 is 1.93 bits per heavy atom. The smallest absolute Gasteiger partial charge is 0.412 e. The average molecular weight is 416 g/mol. The summed E-state index contributed by atoms with van der Waals surface area (Å²) in [4.78, 5) is 24.8. The molecule has 1 aromatic carbocycles. The van der Waals surface area contributed by atoms with Gasteiger partial charge in [0.25, 0.3) is 0 Å². The van der Waals surface area contributed by atoms with E-state index in [1.165, 1.54) is 12.1 Å². The molecule has 0 saturated heterocycles. The van der Waals surface area contributed by atoms with Crippen molar-refractivity contribution in [3.63, 3.8) is 0 Å². The summed E-state index contributed by atoms with van der Waals surface area (Å²) in [6, 6.07) is 7.82. The second-order valence-corrected chi connectivity index (χ2v) is 7.69. The maximum atomic E-state index is 11.7. The van der Waals surface area contributed by atoms with Crippen molar-refractivity contribution >= 4 is 38.8 Å². The van der Waals surface area contributed by atoms with Gasteiger partial charge in [-0.25, -0.2) is 33.3 Å². The molecule has 0 aliphatic heterocycles. The molecule has 0 atom stereocenters. The second-order valence-electron chi connectivity index (χ2n) is 6.13. The molecule has 0 bridgehead atoms. The van der Waals surface area contributed by atoms with Crippen LogP contribution in [0.1, 0.15) is 18.2 Å². The molecule has 0 aliphatic rings. The average Bonchev–Trinajstić information content (AvgIpc) is 2.65. The fourth-order valence-corrected chi connectivity index (χ4v) is 3.06. The molecular weight excluding hydrogens is 396 g/mol. The zero-order chi connectivity index (χ0) is 21.0. The molecule has 3 aromatic rings. The first kappa shape index (κ1) is 20.4. The standard InChI is InChI=1S/C18H20N6O4S/c1-3-28-18(25)24-15-8-14(16-17(23-15)22-11(2)9-21-16)20-10-12-4-6-13(7-5-12)29(19,26)27/h4-9H,3,10H2,1-2H3,(H2,19,26,27)(H2,20,22,23,24,25). The lowest BCUT2D eigenvalue weighted by atomic mass is 10.2. The van der Waals surface area contributed by atoms with Crippen molar-refractivity contribution in [1.82, 2.24) is 15.0 Å². The molecule has 0 fully saturated rings. The number of sulfonamides is 1. The minimum atomic E-state index is -3.74. The number of pyridine rings is 1. The summed E-state index contributed by atoms with van der Waals surface area (Å²) in [5, 5.41) is 10.9. The number of hydrogen-bond donors (Lipinski definition) is 3. The number of carbonyl (C=O) groups excluding carboxylic acids is 1. The van der Waals surface area contributed by atoms with E-state index in [0.717, 1.165) is 5.56 Å². The van der Waals surface area contributed by atoms with Gasteiger partial charge in [0.15, 0.2) is 5.65 Å². The van der Waals surface area contributed by atoms with Crippen molar-refractivity contribution in [2.75, 3.05) is 17.2 Å². The Morgan fingerprint density at radius 3 is 2.59 bits per heavy atom. The van der Waals surface area contributed by atoms with E-state index < -0.39 is 16.1 Å². The van der Waals surface area contributed by atoms with E-state index >= 15 is 0 Å². The Balaban J connectivity index is 1.87. The van der Waals surface area contributed by atoms with Crippen LogP contribution in [0.25, 0.3) is 11.2 Å². The lowest BCUT2D eigenvalue weighted by Gasteiger charge is -2.12. The van der Waals surface area contributed by atoms with Crippen LogP contribution >= 0.6 is 0 Å². The summed E-state index contributed by atoms with van der Waals surface area (Å²) in [5.74, 6) is 0.267. The van der Waals surface area contributed by atoms with Crippen LogP contribution in [0.4, 0.5) is 16.3 Å². The van der Waals surface area contributed by atoms with Crippen LogP contribution in [0.15, 0.2) is 41.4 Å². The van der Waals surface area contributed by atoms with Crippen LogP contribution in [0.3, 0.4) is 0 Å². The minimum Gasteiger partial charge on any atom is -0.450 e. The third-order valence-electron chi connectivity index (χ3n) is 3.88. The monoisotopic (exact) mass is 416 g/mol. The molecule has 0 radical (unpaired) electrons. The third kappa shape index (κ3) is 5.15. The molecule has 3 rings (SSSR count). The molecule has 152 valence electrons. The lowest BCUT2D eigenvalue weighted by Crippen LogP contribution is -2.15. The minimum absolute atomic E-state index is 0.0397. The van der Waals surface area contributed by atoms with Gasteiger partial charge in [-0.2, -0.15) is 0 Å². The summed E-state index contributed by atoms with van der Waals surface area (Å²) in [5.41, 5.74) is 3.01. The van der Waals surface area contributed by atoms with E-state index in [1.807, 2.05) is 0 Å². The van der Waals surface area contributed by atoms with E-state index in [1.54, 1.807) is 38.2 Å². The predicted molar refractivity (Wildman–Crippen MR) is 108 cm³/mol. The van der Waals surface area contributed by atoms with Gasteiger partial charge in [0, 0.05) is 18.8 Å². The van der Waals surface area contributed by atoms with Gasteiger partial charge in [0.1, 0.15) is 11.3 Å². The lowest BCUT2D eigenvalue weighted by molar-refractivity contribution is 0.168. The number of primary sulfonamides is 1. The van der Waals surface area contributed by atoms with Crippen molar-refractivity contribution in [2.45, 2.75) is 25.3 Å². The molecule has 4 N–H and O–H groups in total. The largest absolute Gasteiger partial charge is 0.450 e. The zero-order valence-corrected chi connectivity index (χ0v) is 16.7. The molecule has 0 spiro atoms. The number of carbonyl (C=O) groups is 1. The van der Waals surface area contributed by atoms with E-state index in [2.05, 4.69) is 25.6 Å². The van der Waals surface area contributed by atoms with Crippen LogP contribution in [-0.4, -0.2) is 36.1 Å². The van der Waals surface area contributed by atoms with Gasteiger partial charge in [-0.15, -0.1) is 0 Å². The summed E-state index contributed by atoms with van der Waals surface area (Å²) in [7, 11) is -3.74. The number of fused-ring (bicyclic) bond motifs is 1. The van der Waals surface area contributed by atoms with Crippen molar-refractivity contribution in [3.05, 3.63) is 47.8 Å². The molecule has 1 amide bonds. The van der Waals surface area contributed by atoms with E-state index in [-0.39, 0.29) is 17.3 Å². The summed E-state index contributed by atoms with van der Waals surface area (Å²) in [6.45, 7) is 4.10. The van der Waals surface area contributed by atoms with Gasteiger partial charge in [0.2, 0.25) is 10.0 Å². The van der Waals surface area contributed by atoms with Crippen LogP contribution < -0.4 is 15.8 Å². The number of anilines is 2. The van der Waals surface area contributed by atoms with Crippen molar-refractivity contribution in [3.8, 4) is 0 Å². The highest BCUT2D eigenvalue weighted by atomic mass is 32.2. The molecule has 11 heteroatoms. The zero-order valence-electron chi connectivity index (χ0n) is 15.8. The first-order valence-corrected chi connectivity index (χ1v) is 10.2. The number of aromatic nitrogens is 3. The van der Waals surface area contributed by atoms with E-state index in [9.17, 15) is 13.2 Å². The number of amides is 1. The van der Waals surface area contributed by atoms with Gasteiger partial charge in [-0.05, 0) is 31.5 Å². The maximum absolute atomic E-state index is 11.7. The molecule has 0 saturated carbocycles. The van der Waals surface area contributed by atoms with Crippen molar-refractivity contribution in [1.29, 1.82) is 0 Å². The molecule has 29 heavy (non-hydrogen) atoms. The molecule has 0 unspecified atom stereocenters. The highest BCUT2D eigenvalue weighted by molar-refractivity contribution is 7.89. The fraction of sp³-hybridized carbons (Fsp3) is 0.222. The number of nitrogens with zero attached hydrogens (tertiary/aromatic N) is 3. The Morgan fingerprint density at radius 1 is 1.21 bits per heavy atom. The quantitative estimate of drug-likeness (QED) is 0.553. The normalized spacial score (nSPS) is 11.3. The predicted octanol–water partition coefficient (Wildman–Crippen LogP) is 2.16. The van der Waals surface area contributed by atoms with Crippen molar-refractivity contribution in [2.24, 2.45) is 5.14 Å². The summed E-state index contributed by atoms with van der Waals surface area (Å²) >= 11 is 0. The molecule has 2 aromatic heterocycles. The number of nitrogens with one attached hydrogen (secondary N) is 2. The van der Waals surface area contributed by atoms with Crippen LogP contribution in [-0.2, 0) is 21.3 Å². The Hall–Kier alpha value is -3.31. The third-order valence-corrected chi connectivity index (χ3v) is 4.81. The Labute approximate surface area is 167 Å². The number of ether oxygens (including phenoxy) is 1. The highest BCUT2D eigenvalue weighted by Crippen LogP contribution is 2.23. The van der Waals surface area contributed by atoms with Crippen LogP contribution in [0.5, 0.6) is 0 Å². The Bertz CT molecular complexity index is 1150. The van der Waals surface area contributed by atoms with Crippen molar-refractivity contribution < 1.29 is 17.9 Å². The topological polar surface area (TPSA) is 149 Å². The number of rotatable bonds is 6. The van der Waals surface area contributed by atoms with Gasteiger partial charge < -0.3 is 10.1 Å². The van der Waals surface area contributed by atoms with E-state index in [0.29, 0.717) is 29.1 Å². The number of aryl methyl sites for hydroxylation is 1. The number of nitrogens with two attached hydrogens (primary N) is 1. The maximum Gasteiger partial charge on any atom is 0.412 e. The fourth-order valence-electron chi connectivity index (χ4n) is 2.55. The highest BCUT2D eigenvalue weighted by Gasteiger charge is 2.12. The van der Waals surface area contributed by atoms with Crippen LogP contribution in [0.2, 0.25) is 0 Å². The van der Waals surface area contributed by atoms with Gasteiger partial charge in [-0.1, -0.05) is 12.1 Å². The molecule has 2 heterocycles. The molecule has 10 nitrogen and oxygen atoms in total. The SMILES string of the molecule is CCOC(=O)Nc1cc(NCc2ccc(S(N)(=O)=O)cc2)c2ncc(C)nc2n1. The number of benzene rings is 1. The molecular formula is C18H20N6O4S. The van der Waals surface area contributed by atoms with Gasteiger partial charge >= 0.3 is 6.09 Å². The second kappa shape index (κ2) is 8.37. The van der Waals surface area contributed by atoms with Crippen LogP contribution in [0, 0.1) is 6.92 Å². The molecule has 0 aliphatic carbocycles. The summed E-state index contributed by atoms with van der Waals surface area (Å²) in [6.07, 6.45) is 0.999.